The molecular formula is C15H29N3O5. The van der Waals surface area contributed by atoms with Crippen LogP contribution in [0.2, 0.25) is 0 Å². The summed E-state index contributed by atoms with van der Waals surface area (Å²) in [6.07, 6.45) is -0.772. The van der Waals surface area contributed by atoms with Gasteiger partial charge in [-0.05, 0) is 25.2 Å². The molecule has 134 valence electrons. The van der Waals surface area contributed by atoms with Gasteiger partial charge in [-0.1, -0.05) is 27.7 Å². The lowest BCUT2D eigenvalue weighted by atomic mass is 10.00. The zero-order valence-electron chi connectivity index (χ0n) is 14.4. The van der Waals surface area contributed by atoms with Crippen LogP contribution in [0, 0.1) is 11.8 Å². The van der Waals surface area contributed by atoms with Crippen molar-refractivity contribution in [2.75, 3.05) is 0 Å². The van der Waals surface area contributed by atoms with Crippen molar-refractivity contribution >= 4 is 17.8 Å². The molecule has 0 radical (unpaired) electrons. The molecule has 0 aromatic heterocycles. The van der Waals surface area contributed by atoms with Gasteiger partial charge in [-0.2, -0.15) is 0 Å². The first kappa shape index (κ1) is 21.3. The third-order valence-electron chi connectivity index (χ3n) is 3.39. The van der Waals surface area contributed by atoms with Crippen LogP contribution in [0.1, 0.15) is 41.0 Å². The monoisotopic (exact) mass is 331 g/mol. The summed E-state index contributed by atoms with van der Waals surface area (Å²) >= 11 is 0. The molecule has 23 heavy (non-hydrogen) atoms. The van der Waals surface area contributed by atoms with Crippen LogP contribution in [-0.4, -0.2) is 52.2 Å². The zero-order valence-corrected chi connectivity index (χ0v) is 14.4. The van der Waals surface area contributed by atoms with Crippen molar-refractivity contribution in [2.24, 2.45) is 17.6 Å². The Kier molecular flexibility index (Phi) is 8.78. The van der Waals surface area contributed by atoms with Crippen LogP contribution in [0.5, 0.6) is 0 Å². The van der Waals surface area contributed by atoms with Crippen molar-refractivity contribution in [3.8, 4) is 0 Å². The molecule has 0 saturated carbocycles. The Morgan fingerprint density at radius 2 is 1.52 bits per heavy atom. The van der Waals surface area contributed by atoms with Crippen LogP contribution in [0.25, 0.3) is 0 Å². The van der Waals surface area contributed by atoms with E-state index in [1.165, 1.54) is 6.92 Å². The smallest absolute Gasteiger partial charge is 0.326 e. The van der Waals surface area contributed by atoms with Crippen LogP contribution >= 0.6 is 0 Å². The zero-order chi connectivity index (χ0) is 18.3. The Bertz CT molecular complexity index is 423. The average Bonchev–Trinajstić information content (AvgIpc) is 2.41. The number of carbonyl (C=O) groups excluding carboxylic acids is 2. The minimum atomic E-state index is -1.16. The molecule has 0 fully saturated rings. The molecule has 8 nitrogen and oxygen atoms in total. The Morgan fingerprint density at radius 3 is 1.87 bits per heavy atom. The third kappa shape index (κ3) is 7.43. The van der Waals surface area contributed by atoms with Crippen molar-refractivity contribution in [1.82, 2.24) is 10.6 Å². The molecule has 0 saturated heterocycles. The summed E-state index contributed by atoms with van der Waals surface area (Å²) in [5.41, 5.74) is 5.54. The van der Waals surface area contributed by atoms with E-state index in [0.717, 1.165) is 0 Å². The lowest BCUT2D eigenvalue weighted by molar-refractivity contribution is -0.143. The van der Waals surface area contributed by atoms with E-state index < -0.39 is 42.0 Å². The van der Waals surface area contributed by atoms with Crippen LogP contribution in [-0.2, 0) is 14.4 Å². The summed E-state index contributed by atoms with van der Waals surface area (Å²) < 4.78 is 0. The van der Waals surface area contributed by atoms with Gasteiger partial charge in [0.2, 0.25) is 11.8 Å². The van der Waals surface area contributed by atoms with Crippen LogP contribution in [0.3, 0.4) is 0 Å². The van der Waals surface area contributed by atoms with Crippen molar-refractivity contribution < 1.29 is 24.6 Å². The van der Waals surface area contributed by atoms with Gasteiger partial charge in [-0.3, -0.25) is 9.59 Å². The van der Waals surface area contributed by atoms with Gasteiger partial charge >= 0.3 is 5.97 Å². The average molecular weight is 331 g/mol. The molecule has 0 aliphatic carbocycles. The number of hydrogen-bond donors (Lipinski definition) is 5. The Labute approximate surface area is 136 Å². The maximum Gasteiger partial charge on any atom is 0.326 e. The summed E-state index contributed by atoms with van der Waals surface area (Å²) in [7, 11) is 0. The van der Waals surface area contributed by atoms with Gasteiger partial charge in [-0.25, -0.2) is 4.79 Å². The minimum absolute atomic E-state index is 0.0900. The second kappa shape index (κ2) is 9.46. The predicted octanol–water partition coefficient (Wildman–Crippen LogP) is -0.549. The molecule has 0 unspecified atom stereocenters. The van der Waals surface area contributed by atoms with E-state index in [2.05, 4.69) is 10.6 Å². The van der Waals surface area contributed by atoms with Crippen molar-refractivity contribution in [3.05, 3.63) is 0 Å². The highest BCUT2D eigenvalue weighted by Gasteiger charge is 2.31. The van der Waals surface area contributed by atoms with Gasteiger partial charge < -0.3 is 26.6 Å². The topological polar surface area (TPSA) is 142 Å². The summed E-state index contributed by atoms with van der Waals surface area (Å²) in [6, 6.07) is -3.11. The Morgan fingerprint density at radius 1 is 1.00 bits per heavy atom. The van der Waals surface area contributed by atoms with Crippen molar-refractivity contribution in [3.63, 3.8) is 0 Å². The molecule has 0 aliphatic rings. The molecule has 8 heteroatoms. The fourth-order valence-corrected chi connectivity index (χ4v) is 1.96. The summed E-state index contributed by atoms with van der Waals surface area (Å²) in [4.78, 5) is 35.5. The third-order valence-corrected chi connectivity index (χ3v) is 3.39. The number of aliphatic carboxylic acids is 1. The molecule has 0 spiro atoms. The summed E-state index contributed by atoms with van der Waals surface area (Å²) in [5, 5.41) is 23.4. The lowest BCUT2D eigenvalue weighted by Crippen LogP contribution is -2.58. The number of rotatable bonds is 9. The van der Waals surface area contributed by atoms with Gasteiger partial charge in [-0.15, -0.1) is 0 Å². The molecule has 0 aromatic rings. The first-order valence-electron chi connectivity index (χ1n) is 7.74. The van der Waals surface area contributed by atoms with E-state index >= 15 is 0 Å². The predicted molar refractivity (Wildman–Crippen MR) is 85.4 cm³/mol. The molecule has 0 rings (SSSR count). The second-order valence-corrected chi connectivity index (χ2v) is 6.53. The number of hydrogen-bond acceptors (Lipinski definition) is 5. The van der Waals surface area contributed by atoms with Gasteiger partial charge in [0, 0.05) is 0 Å². The highest BCUT2D eigenvalue weighted by atomic mass is 16.4. The van der Waals surface area contributed by atoms with E-state index in [9.17, 15) is 24.6 Å². The molecule has 0 aliphatic heterocycles. The highest BCUT2D eigenvalue weighted by molar-refractivity contribution is 5.92. The van der Waals surface area contributed by atoms with E-state index in [0.29, 0.717) is 0 Å². The maximum absolute atomic E-state index is 12.3. The van der Waals surface area contributed by atoms with E-state index in [-0.39, 0.29) is 18.3 Å². The van der Waals surface area contributed by atoms with E-state index in [4.69, 9.17) is 5.73 Å². The van der Waals surface area contributed by atoms with Crippen molar-refractivity contribution in [1.29, 1.82) is 0 Å². The number of nitrogens with two attached hydrogens (primary N) is 1. The van der Waals surface area contributed by atoms with Crippen molar-refractivity contribution in [2.45, 2.75) is 65.3 Å². The summed E-state index contributed by atoms with van der Waals surface area (Å²) in [5.74, 6) is -2.55. The van der Waals surface area contributed by atoms with Gasteiger partial charge in [0.25, 0.3) is 0 Å². The van der Waals surface area contributed by atoms with Gasteiger partial charge in [0.05, 0.1) is 6.10 Å². The maximum atomic E-state index is 12.3. The van der Waals surface area contributed by atoms with E-state index in [1.807, 2.05) is 13.8 Å². The molecule has 4 atom stereocenters. The molecule has 0 bridgehead atoms. The number of carbonyl (C=O) groups is 3. The van der Waals surface area contributed by atoms with Crippen LogP contribution < -0.4 is 16.4 Å². The first-order valence-corrected chi connectivity index (χ1v) is 7.74. The van der Waals surface area contributed by atoms with Crippen LogP contribution in [0.15, 0.2) is 0 Å². The first-order chi connectivity index (χ1) is 10.5. The second-order valence-electron chi connectivity index (χ2n) is 6.53. The lowest BCUT2D eigenvalue weighted by Gasteiger charge is -2.26. The van der Waals surface area contributed by atoms with Crippen LogP contribution in [0.4, 0.5) is 0 Å². The fourth-order valence-electron chi connectivity index (χ4n) is 1.96. The van der Waals surface area contributed by atoms with Gasteiger partial charge in [0.1, 0.15) is 18.1 Å². The summed E-state index contributed by atoms with van der Waals surface area (Å²) in [6.45, 7) is 8.52. The normalized spacial score (nSPS) is 16.6. The molecule has 6 N–H and O–H groups in total. The SMILES string of the molecule is CC(C)C[C@H](NC(=O)[C@H](NC(=O)[C@H](N)[C@@H](C)O)C(C)C)C(=O)O. The number of aliphatic hydroxyl groups excluding tert-OH is 1. The fraction of sp³-hybridized carbons (Fsp3) is 0.800. The Hall–Kier alpha value is -1.67. The molecule has 2 amide bonds. The largest absolute Gasteiger partial charge is 0.480 e. The minimum Gasteiger partial charge on any atom is -0.480 e. The standard InChI is InChI=1S/C15H29N3O5/c1-7(2)6-10(15(22)23)17-14(21)12(8(3)4)18-13(20)11(16)9(5)19/h7-12,19H,6,16H2,1-5H3,(H,17,21)(H,18,20)(H,22,23)/t9-,10+,11-,12-/m1/s1. The quantitative estimate of drug-likeness (QED) is 0.384. The van der Waals surface area contributed by atoms with E-state index in [1.54, 1.807) is 13.8 Å². The molecule has 0 aromatic carbocycles. The number of aliphatic hydroxyl groups is 1. The number of carboxylic acids is 1. The number of nitrogens with one attached hydrogen (secondary N) is 2. The number of amides is 2. The molecular weight excluding hydrogens is 302 g/mol. The molecule has 0 heterocycles. The highest BCUT2D eigenvalue weighted by Crippen LogP contribution is 2.08. The van der Waals surface area contributed by atoms with Gasteiger partial charge in [0.15, 0.2) is 0 Å². The number of carboxylic acid groups (broad SMARTS) is 1. The Balaban J connectivity index is 4.98.